The Bertz CT molecular complexity index is 477. The summed E-state index contributed by atoms with van der Waals surface area (Å²) in [6.07, 6.45) is -4.18. The largest absolute Gasteiger partial charge is 0.497 e. The van der Waals surface area contributed by atoms with E-state index < -0.39 is 18.8 Å². The van der Waals surface area contributed by atoms with Crippen LogP contribution >= 0.6 is 0 Å². The number of nitrogens with two attached hydrogens (primary N) is 1. The van der Waals surface area contributed by atoms with Crippen molar-refractivity contribution in [3.8, 4) is 5.75 Å². The van der Waals surface area contributed by atoms with Crippen LogP contribution in [0.4, 0.5) is 18.9 Å². The summed E-state index contributed by atoms with van der Waals surface area (Å²) in [6.45, 7) is -1.51. The number of nitrogen functional groups attached to an aromatic ring is 1. The zero-order chi connectivity index (χ0) is 15.9. The van der Waals surface area contributed by atoms with E-state index in [-0.39, 0.29) is 25.2 Å². The molecule has 1 aromatic rings. The number of esters is 1. The molecule has 118 valence electrons. The molecule has 0 aliphatic heterocycles. The summed E-state index contributed by atoms with van der Waals surface area (Å²) >= 11 is 0. The minimum Gasteiger partial charge on any atom is -0.497 e. The smallest absolute Gasteiger partial charge is 0.411 e. The van der Waals surface area contributed by atoms with Crippen molar-refractivity contribution < 1.29 is 32.2 Å². The molecule has 0 unspecified atom stereocenters. The molecular formula is C13H16F3NO4. The molecule has 1 aromatic carbocycles. The van der Waals surface area contributed by atoms with E-state index in [1.807, 2.05) is 0 Å². The second-order valence-electron chi connectivity index (χ2n) is 4.15. The van der Waals surface area contributed by atoms with Gasteiger partial charge in [-0.2, -0.15) is 13.2 Å². The first-order valence-electron chi connectivity index (χ1n) is 6.08. The highest BCUT2D eigenvalue weighted by Crippen LogP contribution is 2.19. The molecule has 0 saturated heterocycles. The number of carbonyl (C=O) groups excluding carboxylic acids is 1. The van der Waals surface area contributed by atoms with Crippen LogP contribution in [0.5, 0.6) is 5.75 Å². The monoisotopic (exact) mass is 307 g/mol. The van der Waals surface area contributed by atoms with Crippen molar-refractivity contribution in [3.63, 3.8) is 0 Å². The zero-order valence-corrected chi connectivity index (χ0v) is 11.4. The SMILES string of the molecule is COc1cc(N)cc(C(=O)OCCCOCC(F)(F)F)c1. The molecule has 0 spiro atoms. The Morgan fingerprint density at radius 2 is 1.95 bits per heavy atom. The van der Waals surface area contributed by atoms with Gasteiger partial charge in [0.15, 0.2) is 0 Å². The van der Waals surface area contributed by atoms with Gasteiger partial charge >= 0.3 is 12.1 Å². The van der Waals surface area contributed by atoms with Gasteiger partial charge in [0.05, 0.1) is 25.9 Å². The third kappa shape index (κ3) is 6.84. The first kappa shape index (κ1) is 17.1. The van der Waals surface area contributed by atoms with Crippen molar-refractivity contribution >= 4 is 11.7 Å². The molecule has 0 amide bonds. The van der Waals surface area contributed by atoms with Gasteiger partial charge < -0.3 is 19.9 Å². The number of hydrogen-bond acceptors (Lipinski definition) is 5. The molecule has 0 heterocycles. The molecule has 0 fully saturated rings. The number of anilines is 1. The Labute approximate surface area is 119 Å². The molecule has 0 aliphatic rings. The van der Waals surface area contributed by atoms with Crippen molar-refractivity contribution in [1.29, 1.82) is 0 Å². The fraction of sp³-hybridized carbons (Fsp3) is 0.462. The predicted octanol–water partition coefficient (Wildman–Crippen LogP) is 2.40. The van der Waals surface area contributed by atoms with E-state index in [0.717, 1.165) is 0 Å². The van der Waals surface area contributed by atoms with E-state index in [1.165, 1.54) is 19.2 Å². The molecular weight excluding hydrogens is 291 g/mol. The van der Waals surface area contributed by atoms with Crippen molar-refractivity contribution in [2.24, 2.45) is 0 Å². The minimum absolute atomic E-state index is 0.0478. The van der Waals surface area contributed by atoms with Crippen molar-refractivity contribution in [1.82, 2.24) is 0 Å². The molecule has 0 aliphatic carbocycles. The third-order valence-corrected chi connectivity index (χ3v) is 2.33. The standard InChI is InChI=1S/C13H16F3NO4/c1-19-11-6-9(5-10(17)7-11)12(18)21-4-2-3-20-8-13(14,15)16/h5-7H,2-4,8,17H2,1H3. The summed E-state index contributed by atoms with van der Waals surface area (Å²) in [6, 6.07) is 4.42. The van der Waals surface area contributed by atoms with Gasteiger partial charge in [-0.25, -0.2) is 4.79 Å². The summed E-state index contributed by atoms with van der Waals surface area (Å²) in [4.78, 5) is 11.7. The zero-order valence-electron chi connectivity index (χ0n) is 11.4. The molecule has 5 nitrogen and oxygen atoms in total. The lowest BCUT2D eigenvalue weighted by molar-refractivity contribution is -0.174. The number of methoxy groups -OCH3 is 1. The normalized spacial score (nSPS) is 11.2. The second-order valence-corrected chi connectivity index (χ2v) is 4.15. The number of rotatable bonds is 7. The Hall–Kier alpha value is -1.96. The summed E-state index contributed by atoms with van der Waals surface area (Å²) in [5, 5.41) is 0. The summed E-state index contributed by atoms with van der Waals surface area (Å²) in [5.41, 5.74) is 6.15. The summed E-state index contributed by atoms with van der Waals surface area (Å²) < 4.78 is 49.6. The van der Waals surface area contributed by atoms with E-state index >= 15 is 0 Å². The predicted molar refractivity (Wildman–Crippen MR) is 69.2 cm³/mol. The summed E-state index contributed by atoms with van der Waals surface area (Å²) in [7, 11) is 1.43. The average Bonchev–Trinajstić information content (AvgIpc) is 2.40. The lowest BCUT2D eigenvalue weighted by Gasteiger charge is -2.09. The number of benzene rings is 1. The van der Waals surface area contributed by atoms with Gasteiger partial charge in [0.2, 0.25) is 0 Å². The van der Waals surface area contributed by atoms with Gasteiger partial charge in [0.25, 0.3) is 0 Å². The van der Waals surface area contributed by atoms with Crippen LogP contribution in [0.1, 0.15) is 16.8 Å². The Kier molecular flexibility index (Phi) is 6.29. The first-order valence-corrected chi connectivity index (χ1v) is 6.08. The van der Waals surface area contributed by atoms with Crippen molar-refractivity contribution in [2.75, 3.05) is 32.7 Å². The maximum absolute atomic E-state index is 11.8. The van der Waals surface area contributed by atoms with E-state index in [9.17, 15) is 18.0 Å². The fourth-order valence-electron chi connectivity index (χ4n) is 1.45. The quantitative estimate of drug-likeness (QED) is 0.476. The van der Waals surface area contributed by atoms with Crippen LogP contribution in [0.25, 0.3) is 0 Å². The van der Waals surface area contributed by atoms with Crippen LogP contribution in [0.2, 0.25) is 0 Å². The second kappa shape index (κ2) is 7.72. The van der Waals surface area contributed by atoms with Gasteiger partial charge in [-0.3, -0.25) is 0 Å². The highest BCUT2D eigenvalue weighted by molar-refractivity contribution is 5.91. The lowest BCUT2D eigenvalue weighted by Crippen LogP contribution is -2.18. The Morgan fingerprint density at radius 1 is 1.24 bits per heavy atom. The van der Waals surface area contributed by atoms with Crippen molar-refractivity contribution in [2.45, 2.75) is 12.6 Å². The highest BCUT2D eigenvalue weighted by atomic mass is 19.4. The van der Waals surface area contributed by atoms with E-state index in [1.54, 1.807) is 6.07 Å². The lowest BCUT2D eigenvalue weighted by atomic mass is 10.2. The van der Waals surface area contributed by atoms with Gasteiger partial charge in [0, 0.05) is 18.2 Å². The minimum atomic E-state index is -4.35. The average molecular weight is 307 g/mol. The fourth-order valence-corrected chi connectivity index (χ4v) is 1.45. The molecule has 2 N–H and O–H groups in total. The van der Waals surface area contributed by atoms with Crippen LogP contribution in [0, 0.1) is 0 Å². The molecule has 0 bridgehead atoms. The van der Waals surface area contributed by atoms with Crippen LogP contribution in [0.15, 0.2) is 18.2 Å². The van der Waals surface area contributed by atoms with Crippen LogP contribution in [-0.4, -0.2) is 39.1 Å². The number of halogens is 3. The Balaban J connectivity index is 2.33. The Morgan fingerprint density at radius 3 is 2.57 bits per heavy atom. The van der Waals surface area contributed by atoms with E-state index in [4.69, 9.17) is 15.2 Å². The molecule has 0 atom stereocenters. The van der Waals surface area contributed by atoms with Crippen LogP contribution in [-0.2, 0) is 9.47 Å². The molecule has 0 aromatic heterocycles. The molecule has 21 heavy (non-hydrogen) atoms. The topological polar surface area (TPSA) is 70.8 Å². The van der Waals surface area contributed by atoms with E-state index in [0.29, 0.717) is 11.4 Å². The van der Waals surface area contributed by atoms with Gasteiger partial charge in [-0.1, -0.05) is 0 Å². The highest BCUT2D eigenvalue weighted by Gasteiger charge is 2.27. The molecule has 0 saturated carbocycles. The molecule has 8 heteroatoms. The van der Waals surface area contributed by atoms with E-state index in [2.05, 4.69) is 4.74 Å². The van der Waals surface area contributed by atoms with Crippen LogP contribution in [0.3, 0.4) is 0 Å². The molecule has 0 radical (unpaired) electrons. The van der Waals surface area contributed by atoms with Gasteiger partial charge in [-0.05, 0) is 12.1 Å². The van der Waals surface area contributed by atoms with Crippen molar-refractivity contribution in [3.05, 3.63) is 23.8 Å². The molecule has 1 rings (SSSR count). The number of ether oxygens (including phenoxy) is 3. The number of carbonyl (C=O) groups is 1. The number of alkyl halides is 3. The summed E-state index contributed by atoms with van der Waals surface area (Å²) in [5.74, 6) is -0.216. The first-order chi connectivity index (χ1) is 9.81. The van der Waals surface area contributed by atoms with Gasteiger partial charge in [0.1, 0.15) is 12.4 Å². The third-order valence-electron chi connectivity index (χ3n) is 2.33. The maximum Gasteiger partial charge on any atom is 0.411 e. The number of hydrogen-bond donors (Lipinski definition) is 1. The van der Waals surface area contributed by atoms with Gasteiger partial charge in [-0.15, -0.1) is 0 Å². The van der Waals surface area contributed by atoms with Crippen LogP contribution < -0.4 is 10.5 Å². The maximum atomic E-state index is 11.8.